The molecule has 0 bridgehead atoms. The highest BCUT2D eigenvalue weighted by Gasteiger charge is 2.31. The molecule has 0 radical (unpaired) electrons. The van der Waals surface area contributed by atoms with E-state index in [1.165, 1.54) is 0 Å². The Bertz CT molecular complexity index is 474. The molecule has 2 rings (SSSR count). The first-order valence-corrected chi connectivity index (χ1v) is 6.91. The molecule has 104 valence electrons. The van der Waals surface area contributed by atoms with Gasteiger partial charge in [-0.3, -0.25) is 4.79 Å². The molecule has 1 N–H and O–H groups in total. The van der Waals surface area contributed by atoms with Crippen LogP contribution >= 0.6 is 11.6 Å². The van der Waals surface area contributed by atoms with Crippen LogP contribution < -0.4 is 14.8 Å². The lowest BCUT2D eigenvalue weighted by Crippen LogP contribution is -2.29. The molecule has 0 atom stereocenters. The monoisotopic (exact) mass is 283 g/mol. The van der Waals surface area contributed by atoms with Crippen molar-refractivity contribution in [2.45, 2.75) is 38.9 Å². The number of benzene rings is 1. The van der Waals surface area contributed by atoms with Crippen molar-refractivity contribution in [3.8, 4) is 11.5 Å². The number of hydrogen-bond acceptors (Lipinski definition) is 3. The Kier molecular flexibility index (Phi) is 4.20. The van der Waals surface area contributed by atoms with Gasteiger partial charge in [0.25, 0.3) is 0 Å². The summed E-state index contributed by atoms with van der Waals surface area (Å²) in [6, 6.07) is 5.39. The van der Waals surface area contributed by atoms with E-state index < -0.39 is 5.79 Å². The van der Waals surface area contributed by atoms with Gasteiger partial charge in [0.05, 0.1) is 0 Å². The molecule has 0 saturated carbocycles. The standard InChI is InChI=1S/C14H18ClNO3/c1-14(2)18-11-7-6-10(9-12(11)19-14)16-13(17)5-3-4-8-15/h6-7,9H,3-5,8H2,1-2H3,(H,16,17). The minimum atomic E-state index is -0.648. The number of fused-ring (bicyclic) bond motifs is 1. The van der Waals surface area contributed by atoms with Gasteiger partial charge >= 0.3 is 0 Å². The van der Waals surface area contributed by atoms with Gasteiger partial charge in [-0.1, -0.05) is 0 Å². The van der Waals surface area contributed by atoms with Gasteiger partial charge in [-0.2, -0.15) is 0 Å². The van der Waals surface area contributed by atoms with Crippen LogP contribution in [0.5, 0.6) is 11.5 Å². The molecule has 0 fully saturated rings. The van der Waals surface area contributed by atoms with Gasteiger partial charge < -0.3 is 14.8 Å². The Morgan fingerprint density at radius 2 is 2.00 bits per heavy atom. The summed E-state index contributed by atoms with van der Waals surface area (Å²) < 4.78 is 11.2. The maximum atomic E-state index is 11.7. The second-order valence-electron chi connectivity index (χ2n) is 4.96. The summed E-state index contributed by atoms with van der Waals surface area (Å²) in [6.45, 7) is 3.69. The largest absolute Gasteiger partial charge is 0.449 e. The molecule has 1 heterocycles. The van der Waals surface area contributed by atoms with Crippen LogP contribution in [0.3, 0.4) is 0 Å². The van der Waals surface area contributed by atoms with Crippen molar-refractivity contribution >= 4 is 23.2 Å². The highest BCUT2D eigenvalue weighted by atomic mass is 35.5. The van der Waals surface area contributed by atoms with Gasteiger partial charge in [0.2, 0.25) is 11.7 Å². The molecule has 0 spiro atoms. The lowest BCUT2D eigenvalue weighted by molar-refractivity contribution is -0.116. The second kappa shape index (κ2) is 5.70. The molecule has 5 heteroatoms. The number of unbranched alkanes of at least 4 members (excludes halogenated alkanes) is 1. The molecule has 1 aliphatic rings. The highest BCUT2D eigenvalue weighted by molar-refractivity contribution is 6.17. The number of carbonyl (C=O) groups excluding carboxylic acids is 1. The SMILES string of the molecule is CC1(C)Oc2ccc(NC(=O)CCCCCl)cc2O1. The summed E-state index contributed by atoms with van der Waals surface area (Å²) in [5, 5.41) is 2.84. The first kappa shape index (κ1) is 14.0. The Morgan fingerprint density at radius 1 is 1.26 bits per heavy atom. The van der Waals surface area contributed by atoms with E-state index in [0.29, 0.717) is 23.8 Å². The number of anilines is 1. The predicted octanol–water partition coefficient (Wildman–Crippen LogP) is 3.54. The molecule has 0 aromatic heterocycles. The van der Waals surface area contributed by atoms with Crippen LogP contribution in [0, 0.1) is 0 Å². The van der Waals surface area contributed by atoms with Crippen molar-refractivity contribution < 1.29 is 14.3 Å². The van der Waals surface area contributed by atoms with E-state index in [4.69, 9.17) is 21.1 Å². The zero-order valence-electron chi connectivity index (χ0n) is 11.2. The van der Waals surface area contributed by atoms with Crippen LogP contribution in [0.25, 0.3) is 0 Å². The van der Waals surface area contributed by atoms with Crippen LogP contribution in [-0.2, 0) is 4.79 Å². The third-order valence-electron chi connectivity index (χ3n) is 2.73. The van der Waals surface area contributed by atoms with Crippen molar-refractivity contribution in [2.75, 3.05) is 11.2 Å². The fraction of sp³-hybridized carbons (Fsp3) is 0.500. The van der Waals surface area contributed by atoms with Crippen LogP contribution in [0.2, 0.25) is 0 Å². The van der Waals surface area contributed by atoms with Gasteiger partial charge in [0.15, 0.2) is 11.5 Å². The van der Waals surface area contributed by atoms with E-state index in [-0.39, 0.29) is 5.91 Å². The zero-order valence-corrected chi connectivity index (χ0v) is 11.9. The van der Waals surface area contributed by atoms with E-state index in [9.17, 15) is 4.79 Å². The van der Waals surface area contributed by atoms with Crippen molar-refractivity contribution in [1.82, 2.24) is 0 Å². The molecular weight excluding hydrogens is 266 g/mol. The Labute approximate surface area is 118 Å². The smallest absolute Gasteiger partial charge is 0.246 e. The Morgan fingerprint density at radius 3 is 2.74 bits per heavy atom. The summed E-state index contributed by atoms with van der Waals surface area (Å²) >= 11 is 5.57. The zero-order chi connectivity index (χ0) is 13.9. The maximum Gasteiger partial charge on any atom is 0.246 e. The normalized spacial score (nSPS) is 15.3. The molecule has 1 amide bonds. The van der Waals surface area contributed by atoms with Crippen molar-refractivity contribution in [1.29, 1.82) is 0 Å². The first-order chi connectivity index (χ1) is 9.00. The van der Waals surface area contributed by atoms with E-state index in [0.717, 1.165) is 18.5 Å². The number of amides is 1. The van der Waals surface area contributed by atoms with Crippen molar-refractivity contribution in [3.63, 3.8) is 0 Å². The van der Waals surface area contributed by atoms with Crippen molar-refractivity contribution in [3.05, 3.63) is 18.2 Å². The summed E-state index contributed by atoms with van der Waals surface area (Å²) in [5.74, 6) is 1.29. The average Bonchev–Trinajstić information content (AvgIpc) is 2.62. The van der Waals surface area contributed by atoms with Gasteiger partial charge in [0.1, 0.15) is 0 Å². The highest BCUT2D eigenvalue weighted by Crippen LogP contribution is 2.40. The van der Waals surface area contributed by atoms with E-state index in [2.05, 4.69) is 5.32 Å². The van der Waals surface area contributed by atoms with Gasteiger partial charge in [-0.05, 0) is 25.0 Å². The number of ether oxygens (including phenoxy) is 2. The Hall–Kier alpha value is -1.42. The summed E-state index contributed by atoms with van der Waals surface area (Å²) in [5.41, 5.74) is 0.718. The van der Waals surface area contributed by atoms with Gasteiger partial charge in [0, 0.05) is 37.9 Å². The molecule has 1 aromatic rings. The minimum Gasteiger partial charge on any atom is -0.449 e. The molecule has 0 unspecified atom stereocenters. The average molecular weight is 284 g/mol. The van der Waals surface area contributed by atoms with Crippen molar-refractivity contribution in [2.24, 2.45) is 0 Å². The molecule has 4 nitrogen and oxygen atoms in total. The quantitative estimate of drug-likeness (QED) is 0.664. The van der Waals surface area contributed by atoms with Crippen LogP contribution in [-0.4, -0.2) is 17.6 Å². The summed E-state index contributed by atoms with van der Waals surface area (Å²) in [6.07, 6.45) is 2.13. The fourth-order valence-corrected chi connectivity index (χ4v) is 2.09. The van der Waals surface area contributed by atoms with Gasteiger partial charge in [-0.15, -0.1) is 11.6 Å². The lowest BCUT2D eigenvalue weighted by Gasteiger charge is -2.16. The molecule has 0 aliphatic carbocycles. The number of alkyl halides is 1. The van der Waals surface area contributed by atoms with Crippen LogP contribution in [0.4, 0.5) is 5.69 Å². The van der Waals surface area contributed by atoms with E-state index >= 15 is 0 Å². The van der Waals surface area contributed by atoms with E-state index in [1.807, 2.05) is 19.9 Å². The number of hydrogen-bond donors (Lipinski definition) is 1. The van der Waals surface area contributed by atoms with Crippen LogP contribution in [0.15, 0.2) is 18.2 Å². The second-order valence-corrected chi connectivity index (χ2v) is 5.34. The number of rotatable bonds is 5. The first-order valence-electron chi connectivity index (χ1n) is 6.38. The maximum absolute atomic E-state index is 11.7. The number of nitrogens with one attached hydrogen (secondary N) is 1. The fourth-order valence-electron chi connectivity index (χ4n) is 1.90. The van der Waals surface area contributed by atoms with Crippen LogP contribution in [0.1, 0.15) is 33.1 Å². The molecular formula is C14H18ClNO3. The Balaban J connectivity index is 1.95. The number of halogens is 1. The number of carbonyl (C=O) groups is 1. The topological polar surface area (TPSA) is 47.6 Å². The summed E-state index contributed by atoms with van der Waals surface area (Å²) in [4.78, 5) is 11.7. The predicted molar refractivity (Wildman–Crippen MR) is 75.0 cm³/mol. The molecule has 0 saturated heterocycles. The summed E-state index contributed by atoms with van der Waals surface area (Å²) in [7, 11) is 0. The molecule has 1 aliphatic heterocycles. The lowest BCUT2D eigenvalue weighted by atomic mass is 10.2. The van der Waals surface area contributed by atoms with E-state index in [1.54, 1.807) is 12.1 Å². The third-order valence-corrected chi connectivity index (χ3v) is 2.99. The third kappa shape index (κ3) is 3.77. The molecule has 1 aromatic carbocycles. The minimum absolute atomic E-state index is 0.0109. The van der Waals surface area contributed by atoms with Gasteiger partial charge in [-0.25, -0.2) is 0 Å². The molecule has 19 heavy (non-hydrogen) atoms.